The molecule has 1 atom stereocenters. The van der Waals surface area contributed by atoms with Gasteiger partial charge in [0.1, 0.15) is 0 Å². The number of aliphatic hydroxyl groups is 1. The molecule has 0 unspecified atom stereocenters. The van der Waals surface area contributed by atoms with E-state index in [2.05, 4.69) is 21.2 Å². The number of rotatable bonds is 1. The van der Waals surface area contributed by atoms with Gasteiger partial charge in [-0.3, -0.25) is 4.79 Å². The first-order valence-corrected chi connectivity index (χ1v) is 5.21. The first kappa shape index (κ1) is 9.68. The molecule has 14 heavy (non-hydrogen) atoms. The molecule has 1 aliphatic rings. The molecule has 0 aromatic heterocycles. The van der Waals surface area contributed by atoms with Crippen molar-refractivity contribution in [3.8, 4) is 0 Å². The van der Waals surface area contributed by atoms with Gasteiger partial charge in [-0.05, 0) is 24.6 Å². The van der Waals surface area contributed by atoms with E-state index in [0.29, 0.717) is 17.7 Å². The molecule has 0 saturated heterocycles. The van der Waals surface area contributed by atoms with Crippen molar-refractivity contribution in [2.45, 2.75) is 18.9 Å². The maximum absolute atomic E-state index is 11.5. The predicted molar refractivity (Wildman–Crippen MR) is 57.0 cm³/mol. The van der Waals surface area contributed by atoms with Crippen LogP contribution < -0.4 is 5.32 Å². The van der Waals surface area contributed by atoms with Crippen LogP contribution in [0, 0.1) is 0 Å². The Hall–Kier alpha value is -0.870. The summed E-state index contributed by atoms with van der Waals surface area (Å²) in [5, 5.41) is 12.8. The van der Waals surface area contributed by atoms with Gasteiger partial charge >= 0.3 is 0 Å². The first-order valence-electron chi connectivity index (χ1n) is 4.42. The molecule has 0 spiro atoms. The van der Waals surface area contributed by atoms with Gasteiger partial charge in [-0.2, -0.15) is 0 Å². The lowest BCUT2D eigenvalue weighted by molar-refractivity contribution is -0.133. The fourth-order valence-electron chi connectivity index (χ4n) is 1.67. The number of benzene rings is 1. The third-order valence-corrected chi connectivity index (χ3v) is 3.06. The SMILES string of the molecule is CC[C@]1(O)C(=O)Nc2ccc(Br)cc21. The molecular formula is C10H10BrNO2. The predicted octanol–water partition coefficient (Wildman–Crippen LogP) is 2.00. The number of fused-ring (bicyclic) bond motifs is 1. The summed E-state index contributed by atoms with van der Waals surface area (Å²) >= 11 is 3.32. The molecule has 4 heteroatoms. The minimum Gasteiger partial charge on any atom is -0.375 e. The second-order valence-electron chi connectivity index (χ2n) is 3.36. The van der Waals surface area contributed by atoms with Crippen molar-refractivity contribution in [2.75, 3.05) is 5.32 Å². The van der Waals surface area contributed by atoms with Gasteiger partial charge in [0.2, 0.25) is 0 Å². The molecule has 1 amide bonds. The van der Waals surface area contributed by atoms with Crippen LogP contribution >= 0.6 is 15.9 Å². The zero-order valence-corrected chi connectivity index (χ0v) is 9.26. The molecule has 0 aliphatic carbocycles. The molecule has 0 fully saturated rings. The summed E-state index contributed by atoms with van der Waals surface area (Å²) < 4.78 is 0.861. The third kappa shape index (κ3) is 1.18. The summed E-state index contributed by atoms with van der Waals surface area (Å²) in [6.07, 6.45) is 0.377. The molecular weight excluding hydrogens is 246 g/mol. The number of hydrogen-bond acceptors (Lipinski definition) is 2. The third-order valence-electron chi connectivity index (χ3n) is 2.56. The number of carbonyl (C=O) groups excluding carboxylic acids is 1. The summed E-state index contributed by atoms with van der Waals surface area (Å²) in [4.78, 5) is 11.5. The molecule has 1 aromatic rings. The normalized spacial score (nSPS) is 24.6. The maximum Gasteiger partial charge on any atom is 0.261 e. The van der Waals surface area contributed by atoms with E-state index in [1.165, 1.54) is 0 Å². The number of carbonyl (C=O) groups is 1. The summed E-state index contributed by atoms with van der Waals surface area (Å²) in [6, 6.07) is 5.39. The van der Waals surface area contributed by atoms with Crippen LogP contribution in [0.15, 0.2) is 22.7 Å². The summed E-state index contributed by atoms with van der Waals surface area (Å²) in [6.45, 7) is 1.79. The van der Waals surface area contributed by atoms with Gasteiger partial charge in [0, 0.05) is 15.7 Å². The zero-order chi connectivity index (χ0) is 10.3. The minimum absolute atomic E-state index is 0.340. The van der Waals surface area contributed by atoms with Crippen molar-refractivity contribution < 1.29 is 9.90 Å². The van der Waals surface area contributed by atoms with Gasteiger partial charge in [-0.1, -0.05) is 22.9 Å². The van der Waals surface area contributed by atoms with Crippen molar-refractivity contribution in [2.24, 2.45) is 0 Å². The van der Waals surface area contributed by atoms with Gasteiger partial charge < -0.3 is 10.4 Å². The molecule has 0 bridgehead atoms. The second kappa shape index (κ2) is 3.07. The van der Waals surface area contributed by atoms with Gasteiger partial charge in [0.15, 0.2) is 5.60 Å². The number of anilines is 1. The van der Waals surface area contributed by atoms with Crippen molar-refractivity contribution in [1.29, 1.82) is 0 Å². The van der Waals surface area contributed by atoms with E-state index >= 15 is 0 Å². The Bertz CT molecular complexity index is 405. The molecule has 0 saturated carbocycles. The zero-order valence-electron chi connectivity index (χ0n) is 7.67. The van der Waals surface area contributed by atoms with Gasteiger partial charge in [0.05, 0.1) is 0 Å². The van der Waals surface area contributed by atoms with E-state index in [9.17, 15) is 9.90 Å². The number of hydrogen-bond donors (Lipinski definition) is 2. The van der Waals surface area contributed by atoms with Crippen molar-refractivity contribution in [3.05, 3.63) is 28.2 Å². The van der Waals surface area contributed by atoms with E-state index in [-0.39, 0.29) is 5.91 Å². The summed E-state index contributed by atoms with van der Waals surface area (Å²) in [5.74, 6) is -0.340. The molecule has 1 heterocycles. The second-order valence-corrected chi connectivity index (χ2v) is 4.27. The van der Waals surface area contributed by atoms with E-state index in [4.69, 9.17) is 0 Å². The van der Waals surface area contributed by atoms with Crippen LogP contribution in [0.4, 0.5) is 5.69 Å². The number of halogens is 1. The van der Waals surface area contributed by atoms with Gasteiger partial charge in [0.25, 0.3) is 5.91 Å². The van der Waals surface area contributed by atoms with Crippen LogP contribution in [-0.2, 0) is 10.4 Å². The van der Waals surface area contributed by atoms with E-state index in [1.54, 1.807) is 19.1 Å². The fraction of sp³-hybridized carbons (Fsp3) is 0.300. The van der Waals surface area contributed by atoms with Crippen LogP contribution in [0.3, 0.4) is 0 Å². The first-order chi connectivity index (χ1) is 6.58. The maximum atomic E-state index is 11.5. The Morgan fingerprint density at radius 3 is 2.93 bits per heavy atom. The Labute approximate surface area is 90.3 Å². The standard InChI is InChI=1S/C10H10BrNO2/c1-2-10(14)7-5-6(11)3-4-8(7)12-9(10)13/h3-5,14H,2H2,1H3,(H,12,13)/t10-/m1/s1. The summed E-state index contributed by atoms with van der Waals surface area (Å²) in [5.41, 5.74) is -0.0130. The molecule has 74 valence electrons. The average Bonchev–Trinajstić information content (AvgIpc) is 2.41. The Kier molecular flexibility index (Phi) is 2.12. The lowest BCUT2D eigenvalue weighted by Gasteiger charge is -2.18. The van der Waals surface area contributed by atoms with Crippen LogP contribution in [0.5, 0.6) is 0 Å². The fourth-order valence-corrected chi connectivity index (χ4v) is 2.03. The lowest BCUT2D eigenvalue weighted by Crippen LogP contribution is -2.33. The Balaban J connectivity index is 2.61. The average molecular weight is 256 g/mol. The quantitative estimate of drug-likeness (QED) is 0.807. The summed E-state index contributed by atoms with van der Waals surface area (Å²) in [7, 11) is 0. The molecule has 2 N–H and O–H groups in total. The van der Waals surface area contributed by atoms with E-state index in [1.807, 2.05) is 6.07 Å². The van der Waals surface area contributed by atoms with E-state index in [0.717, 1.165) is 4.47 Å². The number of amides is 1. The van der Waals surface area contributed by atoms with Gasteiger partial charge in [-0.25, -0.2) is 0 Å². The Morgan fingerprint density at radius 2 is 2.29 bits per heavy atom. The van der Waals surface area contributed by atoms with Crippen LogP contribution in [-0.4, -0.2) is 11.0 Å². The molecule has 3 nitrogen and oxygen atoms in total. The molecule has 1 aliphatic heterocycles. The van der Waals surface area contributed by atoms with Crippen LogP contribution in [0.25, 0.3) is 0 Å². The lowest BCUT2D eigenvalue weighted by atomic mass is 9.93. The molecule has 0 radical (unpaired) electrons. The highest BCUT2D eigenvalue weighted by Crippen LogP contribution is 2.39. The van der Waals surface area contributed by atoms with Crippen LogP contribution in [0.1, 0.15) is 18.9 Å². The smallest absolute Gasteiger partial charge is 0.261 e. The number of nitrogens with one attached hydrogen (secondary N) is 1. The molecule has 1 aromatic carbocycles. The van der Waals surface area contributed by atoms with Crippen molar-refractivity contribution in [3.63, 3.8) is 0 Å². The van der Waals surface area contributed by atoms with Crippen LogP contribution in [0.2, 0.25) is 0 Å². The topological polar surface area (TPSA) is 49.3 Å². The highest BCUT2D eigenvalue weighted by Gasteiger charge is 2.43. The molecule has 2 rings (SSSR count). The Morgan fingerprint density at radius 1 is 1.57 bits per heavy atom. The van der Waals surface area contributed by atoms with Gasteiger partial charge in [-0.15, -0.1) is 0 Å². The highest BCUT2D eigenvalue weighted by molar-refractivity contribution is 9.10. The van der Waals surface area contributed by atoms with Crippen molar-refractivity contribution in [1.82, 2.24) is 0 Å². The highest BCUT2D eigenvalue weighted by atomic mass is 79.9. The largest absolute Gasteiger partial charge is 0.375 e. The van der Waals surface area contributed by atoms with E-state index < -0.39 is 5.60 Å². The van der Waals surface area contributed by atoms with Crippen molar-refractivity contribution >= 4 is 27.5 Å². The monoisotopic (exact) mass is 255 g/mol. The minimum atomic E-state index is -1.36.